The van der Waals surface area contributed by atoms with Crippen LogP contribution in [0.2, 0.25) is 0 Å². The van der Waals surface area contributed by atoms with Crippen LogP contribution in [0.25, 0.3) is 0 Å². The molecule has 1 aliphatic rings. The molecule has 0 spiro atoms. The van der Waals surface area contributed by atoms with E-state index < -0.39 is 0 Å². The molecule has 0 heterocycles. The van der Waals surface area contributed by atoms with E-state index >= 15 is 0 Å². The molecule has 3 nitrogen and oxygen atoms in total. The van der Waals surface area contributed by atoms with Gasteiger partial charge < -0.3 is 10.2 Å². The summed E-state index contributed by atoms with van der Waals surface area (Å²) < 4.78 is 0. The molecule has 0 saturated heterocycles. The van der Waals surface area contributed by atoms with E-state index in [0.717, 1.165) is 18.5 Å². The highest BCUT2D eigenvalue weighted by Gasteiger charge is 2.32. The molecule has 1 aliphatic carbocycles. The molecule has 1 saturated carbocycles. The number of benzene rings is 2. The van der Waals surface area contributed by atoms with Crippen LogP contribution in [0.1, 0.15) is 29.5 Å². The number of nitrogens with one attached hydrogen (secondary N) is 1. The maximum atomic E-state index is 12.6. The third-order valence-corrected chi connectivity index (χ3v) is 4.20. The second-order valence-electron chi connectivity index (χ2n) is 6.07. The Morgan fingerprint density at radius 1 is 1.09 bits per heavy atom. The highest BCUT2D eigenvalue weighted by atomic mass is 16.2. The third kappa shape index (κ3) is 3.48. The molecule has 3 heteroatoms. The first kappa shape index (κ1) is 14.6. The normalized spacial score (nSPS) is 13.7. The summed E-state index contributed by atoms with van der Waals surface area (Å²) in [6, 6.07) is 16.6. The SMILES string of the molecule is Cc1ccc(NC(=O)N(Cc2ccccc2)C2CC2)cc1C. The summed E-state index contributed by atoms with van der Waals surface area (Å²) in [5.74, 6) is 0. The first-order valence-electron chi connectivity index (χ1n) is 7.82. The van der Waals surface area contributed by atoms with Gasteiger partial charge in [-0.2, -0.15) is 0 Å². The lowest BCUT2D eigenvalue weighted by Crippen LogP contribution is -2.36. The standard InChI is InChI=1S/C19H22N2O/c1-14-8-9-17(12-15(14)2)20-19(22)21(18-10-11-18)13-16-6-4-3-5-7-16/h3-9,12,18H,10-11,13H2,1-2H3,(H,20,22). The fourth-order valence-corrected chi connectivity index (χ4v) is 2.55. The molecule has 22 heavy (non-hydrogen) atoms. The molecule has 1 fully saturated rings. The van der Waals surface area contributed by atoms with E-state index in [-0.39, 0.29) is 6.03 Å². The van der Waals surface area contributed by atoms with Gasteiger partial charge in [-0.1, -0.05) is 36.4 Å². The van der Waals surface area contributed by atoms with E-state index in [0.29, 0.717) is 12.6 Å². The van der Waals surface area contributed by atoms with Gasteiger partial charge in [-0.15, -0.1) is 0 Å². The van der Waals surface area contributed by atoms with Gasteiger partial charge in [0.25, 0.3) is 0 Å². The molecule has 0 unspecified atom stereocenters. The van der Waals surface area contributed by atoms with Crippen molar-refractivity contribution in [3.8, 4) is 0 Å². The van der Waals surface area contributed by atoms with Crippen LogP contribution in [-0.4, -0.2) is 17.0 Å². The van der Waals surface area contributed by atoms with Crippen molar-refractivity contribution in [2.24, 2.45) is 0 Å². The largest absolute Gasteiger partial charge is 0.322 e. The van der Waals surface area contributed by atoms with Gasteiger partial charge >= 0.3 is 6.03 Å². The van der Waals surface area contributed by atoms with Gasteiger partial charge in [-0.05, 0) is 55.5 Å². The summed E-state index contributed by atoms with van der Waals surface area (Å²) in [5, 5.41) is 3.04. The van der Waals surface area contributed by atoms with Crippen LogP contribution in [0.3, 0.4) is 0 Å². The number of carbonyl (C=O) groups excluding carboxylic acids is 1. The first-order valence-corrected chi connectivity index (χ1v) is 7.82. The van der Waals surface area contributed by atoms with Crippen molar-refractivity contribution in [3.05, 3.63) is 65.2 Å². The predicted octanol–water partition coefficient (Wildman–Crippen LogP) is 4.50. The van der Waals surface area contributed by atoms with Gasteiger partial charge in [-0.25, -0.2) is 4.79 Å². The Kier molecular flexibility index (Phi) is 4.14. The summed E-state index contributed by atoms with van der Waals surface area (Å²) in [6.07, 6.45) is 2.21. The zero-order chi connectivity index (χ0) is 15.5. The minimum Gasteiger partial charge on any atom is -0.317 e. The zero-order valence-corrected chi connectivity index (χ0v) is 13.2. The average Bonchev–Trinajstić information content (AvgIpc) is 3.34. The van der Waals surface area contributed by atoms with Crippen LogP contribution in [0.15, 0.2) is 48.5 Å². The quantitative estimate of drug-likeness (QED) is 0.884. The van der Waals surface area contributed by atoms with Crippen molar-refractivity contribution in [2.75, 3.05) is 5.32 Å². The topological polar surface area (TPSA) is 32.3 Å². The lowest BCUT2D eigenvalue weighted by molar-refractivity contribution is 0.206. The molecule has 2 amide bonds. The van der Waals surface area contributed by atoms with Crippen LogP contribution in [-0.2, 0) is 6.54 Å². The van der Waals surface area contributed by atoms with Crippen molar-refractivity contribution >= 4 is 11.7 Å². The van der Waals surface area contributed by atoms with Crippen molar-refractivity contribution in [2.45, 2.75) is 39.3 Å². The molecule has 0 aliphatic heterocycles. The van der Waals surface area contributed by atoms with E-state index in [2.05, 4.69) is 31.3 Å². The second-order valence-corrected chi connectivity index (χ2v) is 6.07. The predicted molar refractivity (Wildman–Crippen MR) is 89.9 cm³/mol. The molecule has 0 atom stereocenters. The number of amides is 2. The Hall–Kier alpha value is -2.29. The number of aryl methyl sites for hydroxylation is 2. The van der Waals surface area contributed by atoms with Gasteiger partial charge in [0.1, 0.15) is 0 Å². The van der Waals surface area contributed by atoms with Crippen molar-refractivity contribution in [3.63, 3.8) is 0 Å². The van der Waals surface area contributed by atoms with Crippen molar-refractivity contribution < 1.29 is 4.79 Å². The van der Waals surface area contributed by atoms with Crippen LogP contribution in [0.5, 0.6) is 0 Å². The molecular weight excluding hydrogens is 272 g/mol. The number of hydrogen-bond donors (Lipinski definition) is 1. The average molecular weight is 294 g/mol. The molecule has 1 N–H and O–H groups in total. The molecule has 0 bridgehead atoms. The van der Waals surface area contributed by atoms with E-state index in [1.807, 2.05) is 41.3 Å². The van der Waals surface area contributed by atoms with Crippen molar-refractivity contribution in [1.29, 1.82) is 0 Å². The van der Waals surface area contributed by atoms with E-state index in [1.54, 1.807) is 0 Å². The minimum absolute atomic E-state index is 0.00499. The Balaban J connectivity index is 1.71. The van der Waals surface area contributed by atoms with Crippen LogP contribution in [0.4, 0.5) is 10.5 Å². The van der Waals surface area contributed by atoms with Crippen LogP contribution >= 0.6 is 0 Å². The van der Waals surface area contributed by atoms with Crippen molar-refractivity contribution in [1.82, 2.24) is 4.90 Å². The maximum Gasteiger partial charge on any atom is 0.322 e. The monoisotopic (exact) mass is 294 g/mol. The Morgan fingerprint density at radius 2 is 1.82 bits per heavy atom. The smallest absolute Gasteiger partial charge is 0.317 e. The summed E-state index contributed by atoms with van der Waals surface area (Å²) in [7, 11) is 0. The van der Waals surface area contributed by atoms with Gasteiger partial charge in [0.05, 0.1) is 0 Å². The fourth-order valence-electron chi connectivity index (χ4n) is 2.55. The number of nitrogens with zero attached hydrogens (tertiary/aromatic N) is 1. The van der Waals surface area contributed by atoms with Crippen LogP contribution in [0, 0.1) is 13.8 Å². The van der Waals surface area contributed by atoms with Gasteiger partial charge in [0.15, 0.2) is 0 Å². The summed E-state index contributed by atoms with van der Waals surface area (Å²) in [6.45, 7) is 4.81. The minimum atomic E-state index is -0.00499. The first-order chi connectivity index (χ1) is 10.6. The highest BCUT2D eigenvalue weighted by molar-refractivity contribution is 5.89. The van der Waals surface area contributed by atoms with Gasteiger partial charge in [-0.3, -0.25) is 0 Å². The Bertz CT molecular complexity index is 662. The van der Waals surface area contributed by atoms with Crippen LogP contribution < -0.4 is 5.32 Å². The molecule has 0 aromatic heterocycles. The number of rotatable bonds is 4. The Labute approximate surface area is 132 Å². The molecule has 0 radical (unpaired) electrons. The molecule has 2 aromatic carbocycles. The zero-order valence-electron chi connectivity index (χ0n) is 13.2. The maximum absolute atomic E-state index is 12.6. The lowest BCUT2D eigenvalue weighted by atomic mass is 10.1. The Morgan fingerprint density at radius 3 is 2.45 bits per heavy atom. The lowest BCUT2D eigenvalue weighted by Gasteiger charge is -2.23. The highest BCUT2D eigenvalue weighted by Crippen LogP contribution is 2.29. The molecule has 114 valence electrons. The molecule has 3 rings (SSSR count). The third-order valence-electron chi connectivity index (χ3n) is 4.20. The molecular formula is C19H22N2O. The number of carbonyl (C=O) groups is 1. The van der Waals surface area contributed by atoms with E-state index in [4.69, 9.17) is 0 Å². The summed E-state index contributed by atoms with van der Waals surface area (Å²) in [4.78, 5) is 14.6. The van der Waals surface area contributed by atoms with Gasteiger partial charge in [0.2, 0.25) is 0 Å². The summed E-state index contributed by atoms with van der Waals surface area (Å²) >= 11 is 0. The number of hydrogen-bond acceptors (Lipinski definition) is 1. The van der Waals surface area contributed by atoms with Gasteiger partial charge in [0, 0.05) is 18.3 Å². The summed E-state index contributed by atoms with van der Waals surface area (Å²) in [5.41, 5.74) is 4.47. The number of anilines is 1. The molecule has 2 aromatic rings. The number of urea groups is 1. The van der Waals surface area contributed by atoms with E-state index in [9.17, 15) is 4.79 Å². The second kappa shape index (κ2) is 6.22. The van der Waals surface area contributed by atoms with E-state index in [1.165, 1.54) is 16.7 Å². The fraction of sp³-hybridized carbons (Fsp3) is 0.316.